The van der Waals surface area contributed by atoms with E-state index in [0.717, 1.165) is 3.57 Å². The van der Waals surface area contributed by atoms with Gasteiger partial charge in [0.05, 0.1) is 10.6 Å². The van der Waals surface area contributed by atoms with Gasteiger partial charge >= 0.3 is 0 Å². The lowest BCUT2D eigenvalue weighted by Gasteiger charge is -2.19. The summed E-state index contributed by atoms with van der Waals surface area (Å²) in [7, 11) is 0. The number of rotatable bonds is 4. The van der Waals surface area contributed by atoms with E-state index in [1.807, 2.05) is 30.3 Å². The Morgan fingerprint density at radius 3 is 1.87 bits per heavy atom. The number of benzene rings is 3. The molecule has 4 nitrogen and oxygen atoms in total. The van der Waals surface area contributed by atoms with Crippen LogP contribution in [0.3, 0.4) is 0 Å². The Morgan fingerprint density at radius 1 is 0.800 bits per heavy atom. The Kier molecular flexibility index (Phi) is 6.83. The van der Waals surface area contributed by atoms with Crippen LogP contribution in [-0.2, 0) is 5.41 Å². The first-order chi connectivity index (χ1) is 14.1. The third-order valence-corrected chi connectivity index (χ3v) is 5.59. The molecule has 0 bridgehead atoms. The van der Waals surface area contributed by atoms with E-state index in [2.05, 4.69) is 54.0 Å². The van der Waals surface area contributed by atoms with Crippen molar-refractivity contribution in [2.45, 2.75) is 26.2 Å². The molecule has 0 aromatic heterocycles. The summed E-state index contributed by atoms with van der Waals surface area (Å²) in [6.45, 7) is 6.40. The molecule has 6 heteroatoms. The first kappa shape index (κ1) is 22.3. The van der Waals surface area contributed by atoms with Crippen LogP contribution in [0.2, 0.25) is 5.02 Å². The molecular weight excluding hydrogens is 511 g/mol. The number of amides is 2. The van der Waals surface area contributed by atoms with Gasteiger partial charge in [-0.2, -0.15) is 0 Å². The van der Waals surface area contributed by atoms with Crippen LogP contribution in [0.4, 0.5) is 11.4 Å². The van der Waals surface area contributed by atoms with Gasteiger partial charge in [-0.25, -0.2) is 0 Å². The van der Waals surface area contributed by atoms with E-state index in [0.29, 0.717) is 27.5 Å². The molecule has 0 saturated carbocycles. The van der Waals surface area contributed by atoms with Gasteiger partial charge in [0, 0.05) is 20.5 Å². The number of carbonyl (C=O) groups is 2. The van der Waals surface area contributed by atoms with Crippen LogP contribution in [0.1, 0.15) is 47.1 Å². The third-order valence-electron chi connectivity index (χ3n) is 4.59. The largest absolute Gasteiger partial charge is 0.322 e. The van der Waals surface area contributed by atoms with Crippen molar-refractivity contribution in [3.63, 3.8) is 0 Å². The van der Waals surface area contributed by atoms with Gasteiger partial charge in [0.25, 0.3) is 11.8 Å². The Morgan fingerprint density at radius 2 is 1.33 bits per heavy atom. The summed E-state index contributed by atoms with van der Waals surface area (Å²) in [6.07, 6.45) is 0. The molecule has 0 heterocycles. The molecule has 3 rings (SSSR count). The minimum absolute atomic E-state index is 0.0392. The maximum Gasteiger partial charge on any atom is 0.257 e. The summed E-state index contributed by atoms with van der Waals surface area (Å²) >= 11 is 8.25. The molecule has 3 aromatic carbocycles. The molecule has 30 heavy (non-hydrogen) atoms. The zero-order valence-electron chi connectivity index (χ0n) is 16.9. The summed E-state index contributed by atoms with van der Waals surface area (Å²) in [5, 5.41) is 6.09. The number of hydrogen-bond donors (Lipinski definition) is 2. The summed E-state index contributed by atoms with van der Waals surface area (Å²) in [5.41, 5.74) is 3.48. The van der Waals surface area contributed by atoms with Crippen LogP contribution in [0, 0.1) is 3.57 Å². The molecule has 2 N–H and O–H groups in total. The van der Waals surface area contributed by atoms with Crippen LogP contribution in [-0.4, -0.2) is 11.8 Å². The summed E-state index contributed by atoms with van der Waals surface area (Å²) in [5.74, 6) is -0.466. The van der Waals surface area contributed by atoms with E-state index >= 15 is 0 Å². The van der Waals surface area contributed by atoms with Gasteiger partial charge in [0.2, 0.25) is 0 Å². The predicted molar refractivity (Wildman–Crippen MR) is 132 cm³/mol. The molecule has 0 aliphatic rings. The normalized spacial score (nSPS) is 11.1. The highest BCUT2D eigenvalue weighted by Crippen LogP contribution is 2.23. The SMILES string of the molecule is CC(C)(C)c1ccc(C(=O)Nc2ccc(NC(=O)c3cc(I)ccc3Cl)cc2)cc1. The first-order valence-corrected chi connectivity index (χ1v) is 10.9. The van der Waals surface area contributed by atoms with Gasteiger partial charge in [0.1, 0.15) is 0 Å². The van der Waals surface area contributed by atoms with Crippen molar-refractivity contribution in [1.29, 1.82) is 0 Å². The Bertz CT molecular complexity index is 1070. The van der Waals surface area contributed by atoms with Crippen LogP contribution in [0.15, 0.2) is 66.7 Å². The number of anilines is 2. The second-order valence-electron chi connectivity index (χ2n) is 7.94. The smallest absolute Gasteiger partial charge is 0.257 e. The Balaban J connectivity index is 1.65. The lowest BCUT2D eigenvalue weighted by Crippen LogP contribution is -2.15. The van der Waals surface area contributed by atoms with Crippen molar-refractivity contribution < 1.29 is 9.59 Å². The van der Waals surface area contributed by atoms with Gasteiger partial charge in [0.15, 0.2) is 0 Å². The van der Waals surface area contributed by atoms with Gasteiger partial charge in [-0.05, 0) is 88.2 Å². The van der Waals surface area contributed by atoms with Crippen LogP contribution < -0.4 is 10.6 Å². The quantitative estimate of drug-likeness (QED) is 0.365. The molecule has 154 valence electrons. The average Bonchev–Trinajstić information content (AvgIpc) is 2.70. The van der Waals surface area contributed by atoms with Crippen LogP contribution in [0.5, 0.6) is 0 Å². The van der Waals surface area contributed by atoms with E-state index in [1.54, 1.807) is 36.4 Å². The molecule has 0 aliphatic heterocycles. The fourth-order valence-electron chi connectivity index (χ4n) is 2.83. The minimum Gasteiger partial charge on any atom is -0.322 e. The number of nitrogens with one attached hydrogen (secondary N) is 2. The van der Waals surface area contributed by atoms with E-state index in [4.69, 9.17) is 11.6 Å². The van der Waals surface area contributed by atoms with E-state index in [1.165, 1.54) is 5.56 Å². The fourth-order valence-corrected chi connectivity index (χ4v) is 3.53. The predicted octanol–water partition coefficient (Wildman–Crippen LogP) is 6.75. The zero-order chi connectivity index (χ0) is 21.9. The van der Waals surface area contributed by atoms with Crippen molar-refractivity contribution in [3.05, 3.63) is 92.0 Å². The monoisotopic (exact) mass is 532 g/mol. The molecule has 0 aliphatic carbocycles. The van der Waals surface area contributed by atoms with Gasteiger partial charge in [-0.15, -0.1) is 0 Å². The minimum atomic E-state index is -0.283. The lowest BCUT2D eigenvalue weighted by molar-refractivity contribution is 0.101. The molecule has 0 radical (unpaired) electrons. The summed E-state index contributed by atoms with van der Waals surface area (Å²) < 4.78 is 0.927. The van der Waals surface area contributed by atoms with Crippen molar-refractivity contribution in [2.24, 2.45) is 0 Å². The topological polar surface area (TPSA) is 58.2 Å². The van der Waals surface area contributed by atoms with Gasteiger partial charge in [-0.1, -0.05) is 44.5 Å². The zero-order valence-corrected chi connectivity index (χ0v) is 19.8. The van der Waals surface area contributed by atoms with Crippen molar-refractivity contribution in [1.82, 2.24) is 0 Å². The van der Waals surface area contributed by atoms with Crippen molar-refractivity contribution in [3.8, 4) is 0 Å². The molecule has 0 spiro atoms. The molecular formula is C24H22ClIN2O2. The van der Waals surface area contributed by atoms with E-state index in [-0.39, 0.29) is 17.2 Å². The average molecular weight is 533 g/mol. The highest BCUT2D eigenvalue weighted by atomic mass is 127. The molecule has 0 fully saturated rings. The lowest BCUT2D eigenvalue weighted by atomic mass is 9.87. The molecule has 2 amide bonds. The molecule has 0 saturated heterocycles. The molecule has 3 aromatic rings. The highest BCUT2D eigenvalue weighted by Gasteiger charge is 2.15. The number of carbonyl (C=O) groups excluding carboxylic acids is 2. The number of hydrogen-bond acceptors (Lipinski definition) is 2. The second kappa shape index (κ2) is 9.18. The standard InChI is InChI=1S/C24H22ClIN2O2/c1-24(2,3)16-6-4-15(5-7-16)22(29)27-18-9-11-19(12-10-18)28-23(30)20-14-17(26)8-13-21(20)25/h4-14H,1-3H3,(H,27,29)(H,28,30). The maximum absolute atomic E-state index is 12.5. The van der Waals surface area contributed by atoms with Gasteiger partial charge in [-0.3, -0.25) is 9.59 Å². The Hall–Kier alpha value is -2.38. The van der Waals surface area contributed by atoms with Crippen LogP contribution >= 0.6 is 34.2 Å². The first-order valence-electron chi connectivity index (χ1n) is 9.42. The molecule has 0 unspecified atom stereocenters. The van der Waals surface area contributed by atoms with E-state index in [9.17, 15) is 9.59 Å². The van der Waals surface area contributed by atoms with Crippen LogP contribution in [0.25, 0.3) is 0 Å². The molecule has 0 atom stereocenters. The van der Waals surface area contributed by atoms with Crippen molar-refractivity contribution in [2.75, 3.05) is 10.6 Å². The summed E-state index contributed by atoms with van der Waals surface area (Å²) in [6, 6.07) is 19.8. The highest BCUT2D eigenvalue weighted by molar-refractivity contribution is 14.1. The fraction of sp³-hybridized carbons (Fsp3) is 0.167. The third kappa shape index (κ3) is 5.61. The summed E-state index contributed by atoms with van der Waals surface area (Å²) in [4.78, 5) is 25.0. The second-order valence-corrected chi connectivity index (χ2v) is 9.59. The Labute approximate surface area is 195 Å². The van der Waals surface area contributed by atoms with Gasteiger partial charge < -0.3 is 10.6 Å². The van der Waals surface area contributed by atoms with Crippen molar-refractivity contribution >= 4 is 57.4 Å². The maximum atomic E-state index is 12.5. The number of halogens is 2. The van der Waals surface area contributed by atoms with E-state index < -0.39 is 0 Å².